The van der Waals surface area contributed by atoms with Crippen LogP contribution in [0.2, 0.25) is 0 Å². The Morgan fingerprint density at radius 2 is 1.95 bits per heavy atom. The summed E-state index contributed by atoms with van der Waals surface area (Å²) >= 11 is 2.27. The highest BCUT2D eigenvalue weighted by Crippen LogP contribution is 2.15. The van der Waals surface area contributed by atoms with Crippen LogP contribution in [-0.4, -0.2) is 43.6 Å². The zero-order valence-corrected chi connectivity index (χ0v) is 15.1. The number of rotatable bonds is 7. The van der Waals surface area contributed by atoms with Gasteiger partial charge in [-0.3, -0.25) is 4.79 Å². The molecule has 0 radical (unpaired) electrons. The molecule has 0 saturated carbocycles. The molecule has 116 valence electrons. The Morgan fingerprint density at radius 3 is 2.52 bits per heavy atom. The van der Waals surface area contributed by atoms with Gasteiger partial charge in [0, 0.05) is 36.3 Å². The Morgan fingerprint density at radius 1 is 1.33 bits per heavy atom. The van der Waals surface area contributed by atoms with Crippen molar-refractivity contribution in [2.45, 2.75) is 26.0 Å². The minimum absolute atomic E-state index is 0.00681. The lowest BCUT2D eigenvalue weighted by Gasteiger charge is -2.22. The van der Waals surface area contributed by atoms with Gasteiger partial charge in [-0.15, -0.1) is 0 Å². The number of hydrogen-bond acceptors (Lipinski definition) is 3. The number of ether oxygens (including phenoxy) is 1. The Bertz CT molecular complexity index is 472. The SMILES string of the molecule is CC(NC/C=C/C(=O)N(C)C)C(C)Oc1ccc(I)cc1. The van der Waals surface area contributed by atoms with Gasteiger partial charge in [0.1, 0.15) is 11.9 Å². The van der Waals surface area contributed by atoms with Crippen LogP contribution in [0.25, 0.3) is 0 Å². The largest absolute Gasteiger partial charge is 0.489 e. The highest BCUT2D eigenvalue weighted by atomic mass is 127. The smallest absolute Gasteiger partial charge is 0.245 e. The highest BCUT2D eigenvalue weighted by Gasteiger charge is 2.12. The maximum atomic E-state index is 11.4. The van der Waals surface area contributed by atoms with Gasteiger partial charge in [-0.1, -0.05) is 6.08 Å². The van der Waals surface area contributed by atoms with E-state index in [0.29, 0.717) is 6.54 Å². The monoisotopic (exact) mass is 402 g/mol. The molecule has 1 aromatic carbocycles. The Labute approximate surface area is 140 Å². The maximum absolute atomic E-state index is 11.4. The number of benzene rings is 1. The van der Waals surface area contributed by atoms with Crippen LogP contribution < -0.4 is 10.1 Å². The lowest BCUT2D eigenvalue weighted by Crippen LogP contribution is -2.39. The molecule has 2 atom stereocenters. The van der Waals surface area contributed by atoms with Gasteiger partial charge in [-0.05, 0) is 60.7 Å². The van der Waals surface area contributed by atoms with Gasteiger partial charge < -0.3 is 15.0 Å². The molecule has 0 aliphatic carbocycles. The first-order valence-corrected chi connectivity index (χ1v) is 8.01. The summed E-state index contributed by atoms with van der Waals surface area (Å²) in [5, 5.41) is 3.32. The Hall–Kier alpha value is -1.08. The van der Waals surface area contributed by atoms with E-state index in [-0.39, 0.29) is 18.1 Å². The lowest BCUT2D eigenvalue weighted by molar-refractivity contribution is -0.123. The van der Waals surface area contributed by atoms with E-state index in [2.05, 4.69) is 34.8 Å². The van der Waals surface area contributed by atoms with Crippen LogP contribution in [0.5, 0.6) is 5.75 Å². The Kier molecular flexibility index (Phi) is 7.74. The molecule has 5 heteroatoms. The van der Waals surface area contributed by atoms with Crippen molar-refractivity contribution < 1.29 is 9.53 Å². The zero-order chi connectivity index (χ0) is 15.8. The molecule has 0 fully saturated rings. The van der Waals surface area contributed by atoms with Crippen molar-refractivity contribution in [3.63, 3.8) is 0 Å². The van der Waals surface area contributed by atoms with Crippen molar-refractivity contribution >= 4 is 28.5 Å². The van der Waals surface area contributed by atoms with Crippen LogP contribution in [0.4, 0.5) is 0 Å². The molecule has 21 heavy (non-hydrogen) atoms. The predicted octanol–water partition coefficient (Wildman–Crippen LogP) is 2.68. The Balaban J connectivity index is 2.36. The summed E-state index contributed by atoms with van der Waals surface area (Å²) < 4.78 is 7.07. The van der Waals surface area contributed by atoms with Gasteiger partial charge >= 0.3 is 0 Å². The van der Waals surface area contributed by atoms with Gasteiger partial charge in [-0.25, -0.2) is 0 Å². The fourth-order valence-electron chi connectivity index (χ4n) is 1.56. The molecule has 2 unspecified atom stereocenters. The summed E-state index contributed by atoms with van der Waals surface area (Å²) in [7, 11) is 3.47. The number of amides is 1. The summed E-state index contributed by atoms with van der Waals surface area (Å²) in [6, 6.07) is 8.18. The zero-order valence-electron chi connectivity index (χ0n) is 13.0. The molecule has 0 bridgehead atoms. The quantitative estimate of drug-likeness (QED) is 0.564. The molecular weight excluding hydrogens is 379 g/mol. The maximum Gasteiger partial charge on any atom is 0.245 e. The van der Waals surface area contributed by atoms with Gasteiger partial charge in [0.2, 0.25) is 5.91 Å². The number of carbonyl (C=O) groups is 1. The van der Waals surface area contributed by atoms with Gasteiger partial charge in [0.15, 0.2) is 0 Å². The topological polar surface area (TPSA) is 41.6 Å². The van der Waals surface area contributed by atoms with Crippen LogP contribution >= 0.6 is 22.6 Å². The van der Waals surface area contributed by atoms with E-state index in [1.807, 2.05) is 37.3 Å². The number of carbonyl (C=O) groups excluding carboxylic acids is 1. The second-order valence-corrected chi connectivity index (χ2v) is 6.35. The number of halogens is 1. The van der Waals surface area contributed by atoms with Crippen LogP contribution in [0.3, 0.4) is 0 Å². The molecule has 0 aliphatic rings. The molecular formula is C16H23IN2O2. The molecule has 1 aromatic rings. The molecule has 0 heterocycles. The fraction of sp³-hybridized carbons (Fsp3) is 0.438. The van der Waals surface area contributed by atoms with Gasteiger partial charge in [0.05, 0.1) is 0 Å². The molecule has 0 aliphatic heterocycles. The normalized spacial score (nSPS) is 14.0. The fourth-order valence-corrected chi connectivity index (χ4v) is 1.92. The summed E-state index contributed by atoms with van der Waals surface area (Å²) in [5.41, 5.74) is 0. The predicted molar refractivity (Wildman–Crippen MR) is 94.5 cm³/mol. The minimum atomic E-state index is -0.00681. The molecule has 0 aromatic heterocycles. The van der Waals surface area contributed by atoms with E-state index in [4.69, 9.17) is 4.74 Å². The van der Waals surface area contributed by atoms with Gasteiger partial charge in [0.25, 0.3) is 0 Å². The summed E-state index contributed by atoms with van der Waals surface area (Å²) in [6.45, 7) is 4.74. The third-order valence-corrected chi connectivity index (χ3v) is 3.82. The average molecular weight is 402 g/mol. The average Bonchev–Trinajstić information content (AvgIpc) is 2.45. The van der Waals surface area contributed by atoms with E-state index >= 15 is 0 Å². The molecule has 1 N–H and O–H groups in total. The van der Waals surface area contributed by atoms with Crippen molar-refractivity contribution in [1.82, 2.24) is 10.2 Å². The summed E-state index contributed by atoms with van der Waals surface area (Å²) in [5.74, 6) is 0.863. The second-order valence-electron chi connectivity index (χ2n) is 5.11. The van der Waals surface area contributed by atoms with Crippen molar-refractivity contribution in [2.24, 2.45) is 0 Å². The first-order chi connectivity index (χ1) is 9.90. The number of hydrogen-bond donors (Lipinski definition) is 1. The third kappa shape index (κ3) is 6.95. The van der Waals surface area contributed by atoms with E-state index in [1.54, 1.807) is 25.1 Å². The number of nitrogens with one attached hydrogen (secondary N) is 1. The lowest BCUT2D eigenvalue weighted by atomic mass is 10.2. The van der Waals surface area contributed by atoms with Crippen molar-refractivity contribution in [3.05, 3.63) is 40.0 Å². The van der Waals surface area contributed by atoms with Crippen LogP contribution in [-0.2, 0) is 4.79 Å². The molecule has 1 rings (SSSR count). The van der Waals surface area contributed by atoms with Crippen LogP contribution in [0, 0.1) is 3.57 Å². The first kappa shape index (κ1) is 18.0. The van der Waals surface area contributed by atoms with E-state index in [9.17, 15) is 4.79 Å². The van der Waals surface area contributed by atoms with E-state index in [1.165, 1.54) is 3.57 Å². The van der Waals surface area contributed by atoms with Crippen molar-refractivity contribution in [2.75, 3.05) is 20.6 Å². The van der Waals surface area contributed by atoms with Crippen molar-refractivity contribution in [1.29, 1.82) is 0 Å². The van der Waals surface area contributed by atoms with Crippen LogP contribution in [0.15, 0.2) is 36.4 Å². The van der Waals surface area contributed by atoms with Gasteiger partial charge in [-0.2, -0.15) is 0 Å². The molecule has 1 amide bonds. The van der Waals surface area contributed by atoms with E-state index in [0.717, 1.165) is 5.75 Å². The standard InChI is InChI=1S/C16H23IN2O2/c1-12(18-11-5-6-16(20)19(3)4)13(2)21-15-9-7-14(17)8-10-15/h5-10,12-13,18H,11H2,1-4H3/b6-5+. The molecule has 4 nitrogen and oxygen atoms in total. The molecule has 0 saturated heterocycles. The minimum Gasteiger partial charge on any atom is -0.489 e. The second kappa shape index (κ2) is 9.04. The first-order valence-electron chi connectivity index (χ1n) is 6.93. The summed E-state index contributed by atoms with van der Waals surface area (Å²) in [6.07, 6.45) is 3.45. The molecule has 0 spiro atoms. The van der Waals surface area contributed by atoms with E-state index < -0.39 is 0 Å². The van der Waals surface area contributed by atoms with Crippen LogP contribution in [0.1, 0.15) is 13.8 Å². The highest BCUT2D eigenvalue weighted by molar-refractivity contribution is 14.1. The number of likely N-dealkylation sites (N-methyl/N-ethyl adjacent to an activating group) is 1. The van der Waals surface area contributed by atoms with Crippen molar-refractivity contribution in [3.8, 4) is 5.75 Å². The number of nitrogens with zero attached hydrogens (tertiary/aromatic N) is 1. The summed E-state index contributed by atoms with van der Waals surface area (Å²) in [4.78, 5) is 12.9. The third-order valence-electron chi connectivity index (χ3n) is 3.10.